The normalized spacial score (nSPS) is 19.6. The smallest absolute Gasteiger partial charge is 0.257 e. The molecule has 1 aromatic heterocycles. The zero-order chi connectivity index (χ0) is 22.9. The first-order valence-electron chi connectivity index (χ1n) is 10.4. The number of nitrogens with one attached hydrogen (secondary N) is 1. The fourth-order valence-corrected chi connectivity index (χ4v) is 6.64. The lowest BCUT2D eigenvalue weighted by Crippen LogP contribution is -2.42. The van der Waals surface area contributed by atoms with Crippen LogP contribution in [0.5, 0.6) is 0 Å². The van der Waals surface area contributed by atoms with Gasteiger partial charge in [0.2, 0.25) is 10.0 Å². The third-order valence-corrected chi connectivity index (χ3v) is 8.59. The van der Waals surface area contributed by atoms with Crippen LogP contribution in [0.4, 0.5) is 5.13 Å². The Kier molecular flexibility index (Phi) is 6.80. The standard InChI is InChI=1S/C23H24BrN3O3S2/c1-15-11-16(2)13-27(12-15)32(29,30)20-9-5-18(6-10-20)22(28)26-23-25-21(14-31-23)17-3-7-19(24)8-4-17/h3-10,14-16H,11-13H2,1-2H3,(H,25,26,28). The van der Waals surface area contributed by atoms with Gasteiger partial charge in [-0.15, -0.1) is 11.3 Å². The molecule has 6 nitrogen and oxygen atoms in total. The minimum absolute atomic E-state index is 0.210. The van der Waals surface area contributed by atoms with Crippen LogP contribution in [0.15, 0.2) is 63.3 Å². The third-order valence-electron chi connectivity index (χ3n) is 5.45. The van der Waals surface area contributed by atoms with E-state index in [0.29, 0.717) is 35.6 Å². The van der Waals surface area contributed by atoms with Gasteiger partial charge in [-0.2, -0.15) is 4.31 Å². The molecule has 1 aliphatic rings. The lowest BCUT2D eigenvalue weighted by Gasteiger charge is -2.34. The van der Waals surface area contributed by atoms with Crippen molar-refractivity contribution >= 4 is 48.3 Å². The largest absolute Gasteiger partial charge is 0.298 e. The molecule has 0 radical (unpaired) electrons. The van der Waals surface area contributed by atoms with Crippen molar-refractivity contribution in [3.8, 4) is 11.3 Å². The molecule has 32 heavy (non-hydrogen) atoms. The number of rotatable bonds is 5. The van der Waals surface area contributed by atoms with Gasteiger partial charge in [-0.25, -0.2) is 13.4 Å². The SMILES string of the molecule is CC1CC(C)CN(S(=O)(=O)c2ccc(C(=O)Nc3nc(-c4ccc(Br)cc4)cs3)cc2)C1. The summed E-state index contributed by atoms with van der Waals surface area (Å²) in [5.74, 6) is 0.337. The van der Waals surface area contributed by atoms with E-state index < -0.39 is 10.0 Å². The molecule has 2 heterocycles. The number of aromatic nitrogens is 1. The number of sulfonamides is 1. The summed E-state index contributed by atoms with van der Waals surface area (Å²) in [6.45, 7) is 5.21. The van der Waals surface area contributed by atoms with Gasteiger partial charge in [0.15, 0.2) is 5.13 Å². The molecule has 0 saturated carbocycles. The summed E-state index contributed by atoms with van der Waals surface area (Å²) >= 11 is 4.75. The number of hydrogen-bond acceptors (Lipinski definition) is 5. The van der Waals surface area contributed by atoms with Crippen molar-refractivity contribution in [3.05, 3.63) is 63.9 Å². The van der Waals surface area contributed by atoms with Crippen LogP contribution in [-0.4, -0.2) is 36.7 Å². The Morgan fingerprint density at radius 1 is 1.06 bits per heavy atom. The first-order chi connectivity index (χ1) is 15.2. The maximum Gasteiger partial charge on any atom is 0.257 e. The highest BCUT2D eigenvalue weighted by molar-refractivity contribution is 9.10. The summed E-state index contributed by atoms with van der Waals surface area (Å²) in [6, 6.07) is 13.9. The highest BCUT2D eigenvalue weighted by Crippen LogP contribution is 2.28. The van der Waals surface area contributed by atoms with Crippen LogP contribution in [0.25, 0.3) is 11.3 Å². The zero-order valence-electron chi connectivity index (χ0n) is 17.8. The maximum atomic E-state index is 13.0. The van der Waals surface area contributed by atoms with Crippen LogP contribution in [0, 0.1) is 11.8 Å². The lowest BCUT2D eigenvalue weighted by molar-refractivity contribution is 0.102. The van der Waals surface area contributed by atoms with E-state index in [9.17, 15) is 13.2 Å². The number of amides is 1. The number of carbonyl (C=O) groups excluding carboxylic acids is 1. The molecule has 4 rings (SSSR count). The van der Waals surface area contributed by atoms with Gasteiger partial charge in [0.05, 0.1) is 10.6 Å². The van der Waals surface area contributed by atoms with Gasteiger partial charge in [0, 0.05) is 34.1 Å². The Balaban J connectivity index is 1.45. The van der Waals surface area contributed by atoms with E-state index in [2.05, 4.69) is 40.1 Å². The zero-order valence-corrected chi connectivity index (χ0v) is 21.0. The van der Waals surface area contributed by atoms with E-state index >= 15 is 0 Å². The quantitative estimate of drug-likeness (QED) is 0.470. The highest BCUT2D eigenvalue weighted by atomic mass is 79.9. The number of piperidine rings is 1. The average Bonchev–Trinajstić information content (AvgIpc) is 3.22. The Bertz CT molecular complexity index is 1200. The van der Waals surface area contributed by atoms with Gasteiger partial charge >= 0.3 is 0 Å². The van der Waals surface area contributed by atoms with Crippen molar-refractivity contribution in [1.29, 1.82) is 0 Å². The van der Waals surface area contributed by atoms with Gasteiger partial charge in [-0.1, -0.05) is 41.9 Å². The number of hydrogen-bond donors (Lipinski definition) is 1. The van der Waals surface area contributed by atoms with Crippen LogP contribution in [-0.2, 0) is 10.0 Å². The van der Waals surface area contributed by atoms with Gasteiger partial charge in [-0.05, 0) is 54.7 Å². The number of anilines is 1. The topological polar surface area (TPSA) is 79.4 Å². The predicted octanol–water partition coefficient (Wildman–Crippen LogP) is 5.49. The summed E-state index contributed by atoms with van der Waals surface area (Å²) in [5.41, 5.74) is 2.12. The Labute approximate surface area is 200 Å². The van der Waals surface area contributed by atoms with Gasteiger partial charge in [0.1, 0.15) is 0 Å². The highest BCUT2D eigenvalue weighted by Gasteiger charge is 2.31. The maximum absolute atomic E-state index is 13.0. The summed E-state index contributed by atoms with van der Waals surface area (Å²) < 4.78 is 28.6. The lowest BCUT2D eigenvalue weighted by atomic mass is 9.94. The minimum atomic E-state index is -3.57. The van der Waals surface area contributed by atoms with E-state index in [1.807, 2.05) is 29.6 Å². The van der Waals surface area contributed by atoms with Crippen LogP contribution in [0.3, 0.4) is 0 Å². The molecule has 0 bridgehead atoms. The number of nitrogens with zero attached hydrogens (tertiary/aromatic N) is 2. The minimum Gasteiger partial charge on any atom is -0.298 e. The van der Waals surface area contributed by atoms with Gasteiger partial charge < -0.3 is 0 Å². The summed E-state index contributed by atoms with van der Waals surface area (Å²) in [7, 11) is -3.57. The molecule has 0 aliphatic carbocycles. The molecule has 168 valence electrons. The molecule has 2 atom stereocenters. The van der Waals surface area contributed by atoms with Crippen molar-refractivity contribution in [3.63, 3.8) is 0 Å². The van der Waals surface area contributed by atoms with Gasteiger partial charge in [-0.3, -0.25) is 10.1 Å². The molecular weight excluding hydrogens is 510 g/mol. The number of benzene rings is 2. The Morgan fingerprint density at radius 3 is 2.31 bits per heavy atom. The van der Waals surface area contributed by atoms with E-state index in [0.717, 1.165) is 22.2 Å². The fraction of sp³-hybridized carbons (Fsp3) is 0.304. The fourth-order valence-electron chi connectivity index (χ4n) is 3.98. The second-order valence-electron chi connectivity index (χ2n) is 8.29. The van der Waals surface area contributed by atoms with E-state index in [4.69, 9.17) is 0 Å². The van der Waals surface area contributed by atoms with E-state index in [-0.39, 0.29) is 10.8 Å². The first kappa shape index (κ1) is 23.1. The molecule has 2 unspecified atom stereocenters. The van der Waals surface area contributed by atoms with Gasteiger partial charge in [0.25, 0.3) is 5.91 Å². The number of carbonyl (C=O) groups is 1. The third kappa shape index (κ3) is 5.11. The summed E-state index contributed by atoms with van der Waals surface area (Å²) in [4.78, 5) is 17.3. The molecular formula is C23H24BrN3O3S2. The van der Waals surface area contributed by atoms with E-state index in [1.165, 1.54) is 23.5 Å². The first-order valence-corrected chi connectivity index (χ1v) is 13.5. The van der Waals surface area contributed by atoms with Crippen molar-refractivity contribution in [2.45, 2.75) is 25.2 Å². The molecule has 3 aromatic rings. The number of halogens is 1. The molecule has 1 saturated heterocycles. The van der Waals surface area contributed by atoms with Crippen molar-refractivity contribution < 1.29 is 13.2 Å². The average molecular weight is 535 g/mol. The van der Waals surface area contributed by atoms with Crippen molar-refractivity contribution in [2.75, 3.05) is 18.4 Å². The van der Waals surface area contributed by atoms with Crippen LogP contribution < -0.4 is 5.32 Å². The molecule has 1 aliphatic heterocycles. The second-order valence-corrected chi connectivity index (χ2v) is 12.0. The Morgan fingerprint density at radius 2 is 1.69 bits per heavy atom. The molecule has 1 fully saturated rings. The molecule has 2 aromatic carbocycles. The summed E-state index contributed by atoms with van der Waals surface area (Å²) in [5, 5.41) is 5.16. The molecule has 1 N–H and O–H groups in total. The Hall–Kier alpha value is -2.07. The van der Waals surface area contributed by atoms with Crippen molar-refractivity contribution in [2.24, 2.45) is 11.8 Å². The van der Waals surface area contributed by atoms with Crippen LogP contribution in [0.1, 0.15) is 30.6 Å². The molecule has 9 heteroatoms. The molecule has 0 spiro atoms. The second kappa shape index (κ2) is 9.43. The monoisotopic (exact) mass is 533 g/mol. The van der Waals surface area contributed by atoms with E-state index in [1.54, 1.807) is 16.4 Å². The summed E-state index contributed by atoms with van der Waals surface area (Å²) in [6.07, 6.45) is 1.03. The molecule has 1 amide bonds. The number of thiazole rings is 1. The van der Waals surface area contributed by atoms with Crippen molar-refractivity contribution in [1.82, 2.24) is 9.29 Å². The predicted molar refractivity (Wildman–Crippen MR) is 131 cm³/mol. The van der Waals surface area contributed by atoms with Crippen LogP contribution >= 0.6 is 27.3 Å². The van der Waals surface area contributed by atoms with Crippen LogP contribution in [0.2, 0.25) is 0 Å².